The highest BCUT2D eigenvalue weighted by molar-refractivity contribution is 5.63. The lowest BCUT2D eigenvalue weighted by Crippen LogP contribution is -2.18. The van der Waals surface area contributed by atoms with Crippen molar-refractivity contribution in [3.05, 3.63) is 48.0 Å². The van der Waals surface area contributed by atoms with Gasteiger partial charge in [-0.2, -0.15) is 0 Å². The molecule has 1 aromatic carbocycles. The molecule has 0 N–H and O–H groups in total. The Morgan fingerprint density at radius 2 is 1.95 bits per heavy atom. The fourth-order valence-corrected chi connectivity index (χ4v) is 2.28. The van der Waals surface area contributed by atoms with Crippen molar-refractivity contribution in [2.75, 3.05) is 19.1 Å². The van der Waals surface area contributed by atoms with Gasteiger partial charge < -0.3 is 9.64 Å². The molecular formula is C15H17N5O. The van der Waals surface area contributed by atoms with Crippen LogP contribution in [0.2, 0.25) is 0 Å². The van der Waals surface area contributed by atoms with E-state index >= 15 is 0 Å². The standard InChI is InChI=1S/C15H17N5O/c1-11-17-18-15-14(16-8-9-20(11)15)19(2)10-12-4-6-13(21-3)7-5-12/h4-9H,10H2,1-3H3. The number of fused-ring (bicyclic) bond motifs is 1. The number of benzene rings is 1. The van der Waals surface area contributed by atoms with E-state index in [1.165, 1.54) is 5.56 Å². The Balaban J connectivity index is 1.87. The lowest BCUT2D eigenvalue weighted by atomic mass is 10.2. The summed E-state index contributed by atoms with van der Waals surface area (Å²) in [7, 11) is 3.66. The van der Waals surface area contributed by atoms with Crippen molar-refractivity contribution >= 4 is 11.5 Å². The highest BCUT2D eigenvalue weighted by Crippen LogP contribution is 2.19. The number of aromatic nitrogens is 4. The molecule has 3 rings (SSSR count). The summed E-state index contributed by atoms with van der Waals surface area (Å²) < 4.78 is 7.11. The molecule has 108 valence electrons. The number of rotatable bonds is 4. The van der Waals surface area contributed by atoms with Gasteiger partial charge in [0.05, 0.1) is 7.11 Å². The molecule has 2 heterocycles. The fourth-order valence-electron chi connectivity index (χ4n) is 2.28. The van der Waals surface area contributed by atoms with E-state index < -0.39 is 0 Å². The molecule has 0 unspecified atom stereocenters. The van der Waals surface area contributed by atoms with Crippen molar-refractivity contribution in [1.82, 2.24) is 19.6 Å². The summed E-state index contributed by atoms with van der Waals surface area (Å²) in [6, 6.07) is 8.01. The quantitative estimate of drug-likeness (QED) is 0.733. The van der Waals surface area contributed by atoms with Crippen LogP contribution in [0.3, 0.4) is 0 Å². The predicted molar refractivity (Wildman–Crippen MR) is 80.6 cm³/mol. The van der Waals surface area contributed by atoms with Gasteiger partial charge in [0.2, 0.25) is 5.65 Å². The average Bonchev–Trinajstić information content (AvgIpc) is 2.89. The molecule has 0 spiro atoms. The van der Waals surface area contributed by atoms with Crippen molar-refractivity contribution in [3.8, 4) is 5.75 Å². The van der Waals surface area contributed by atoms with Crippen molar-refractivity contribution < 1.29 is 4.74 Å². The maximum atomic E-state index is 5.17. The molecular weight excluding hydrogens is 266 g/mol. The van der Waals surface area contributed by atoms with Crippen LogP contribution in [0.15, 0.2) is 36.7 Å². The van der Waals surface area contributed by atoms with Gasteiger partial charge in [-0.3, -0.25) is 4.40 Å². The molecule has 0 atom stereocenters. The summed E-state index contributed by atoms with van der Waals surface area (Å²) in [5.41, 5.74) is 1.95. The zero-order valence-electron chi connectivity index (χ0n) is 12.3. The van der Waals surface area contributed by atoms with Gasteiger partial charge in [-0.05, 0) is 24.6 Å². The highest BCUT2D eigenvalue weighted by atomic mass is 16.5. The van der Waals surface area contributed by atoms with E-state index in [2.05, 4.69) is 20.1 Å². The lowest BCUT2D eigenvalue weighted by molar-refractivity contribution is 0.414. The molecule has 0 fully saturated rings. The number of nitrogens with zero attached hydrogens (tertiary/aromatic N) is 5. The van der Waals surface area contributed by atoms with E-state index in [4.69, 9.17) is 4.74 Å². The number of hydrogen-bond acceptors (Lipinski definition) is 5. The molecule has 0 saturated carbocycles. The highest BCUT2D eigenvalue weighted by Gasteiger charge is 2.12. The molecule has 0 bridgehead atoms. The zero-order chi connectivity index (χ0) is 14.8. The Kier molecular flexibility index (Phi) is 3.43. The van der Waals surface area contributed by atoms with Crippen LogP contribution >= 0.6 is 0 Å². The number of anilines is 1. The average molecular weight is 283 g/mol. The van der Waals surface area contributed by atoms with Gasteiger partial charge in [0.1, 0.15) is 11.6 Å². The third-order valence-electron chi connectivity index (χ3n) is 3.42. The van der Waals surface area contributed by atoms with Crippen molar-refractivity contribution in [2.45, 2.75) is 13.5 Å². The van der Waals surface area contributed by atoms with Gasteiger partial charge in [-0.15, -0.1) is 10.2 Å². The summed E-state index contributed by atoms with van der Waals surface area (Å²) in [5, 5.41) is 8.30. The zero-order valence-corrected chi connectivity index (χ0v) is 12.3. The molecule has 3 aromatic rings. The Bertz CT molecular complexity index is 750. The second-order valence-electron chi connectivity index (χ2n) is 4.90. The monoisotopic (exact) mass is 283 g/mol. The van der Waals surface area contributed by atoms with Gasteiger partial charge in [0.15, 0.2) is 5.82 Å². The first kappa shape index (κ1) is 13.4. The second kappa shape index (κ2) is 5.40. The Morgan fingerprint density at radius 3 is 2.67 bits per heavy atom. The summed E-state index contributed by atoms with van der Waals surface area (Å²) >= 11 is 0. The molecule has 21 heavy (non-hydrogen) atoms. The summed E-state index contributed by atoms with van der Waals surface area (Å²) in [6.07, 6.45) is 3.64. The van der Waals surface area contributed by atoms with Crippen LogP contribution in [-0.2, 0) is 6.54 Å². The SMILES string of the molecule is COc1ccc(CN(C)c2nccn3c(C)nnc23)cc1. The van der Waals surface area contributed by atoms with Gasteiger partial charge in [0.25, 0.3) is 0 Å². The van der Waals surface area contributed by atoms with E-state index in [-0.39, 0.29) is 0 Å². The van der Waals surface area contributed by atoms with Gasteiger partial charge in [-0.25, -0.2) is 4.98 Å². The summed E-state index contributed by atoms with van der Waals surface area (Å²) in [4.78, 5) is 6.49. The van der Waals surface area contributed by atoms with E-state index in [9.17, 15) is 0 Å². The molecule has 6 nitrogen and oxygen atoms in total. The maximum absolute atomic E-state index is 5.17. The van der Waals surface area contributed by atoms with E-state index in [1.807, 2.05) is 48.8 Å². The smallest absolute Gasteiger partial charge is 0.203 e. The van der Waals surface area contributed by atoms with Crippen LogP contribution in [0.5, 0.6) is 5.75 Å². The van der Waals surface area contributed by atoms with E-state index in [0.29, 0.717) is 0 Å². The number of aryl methyl sites for hydroxylation is 1. The molecule has 6 heteroatoms. The van der Waals surface area contributed by atoms with Crippen LogP contribution < -0.4 is 9.64 Å². The van der Waals surface area contributed by atoms with Crippen LogP contribution in [0.1, 0.15) is 11.4 Å². The second-order valence-corrected chi connectivity index (χ2v) is 4.90. The maximum Gasteiger partial charge on any atom is 0.203 e. The first-order valence-corrected chi connectivity index (χ1v) is 6.69. The number of methoxy groups -OCH3 is 1. The fraction of sp³-hybridized carbons (Fsp3) is 0.267. The van der Waals surface area contributed by atoms with E-state index in [1.54, 1.807) is 13.3 Å². The molecule has 0 aliphatic rings. The van der Waals surface area contributed by atoms with Gasteiger partial charge in [0, 0.05) is 26.0 Å². The first-order chi connectivity index (χ1) is 10.2. The normalized spacial score (nSPS) is 10.8. The minimum atomic E-state index is 0.739. The Labute approximate surface area is 123 Å². The molecule has 0 aliphatic heterocycles. The van der Waals surface area contributed by atoms with Crippen molar-refractivity contribution in [3.63, 3.8) is 0 Å². The molecule has 0 aliphatic carbocycles. The largest absolute Gasteiger partial charge is 0.497 e. The first-order valence-electron chi connectivity index (χ1n) is 6.69. The molecule has 0 amide bonds. The molecule has 0 saturated heterocycles. The van der Waals surface area contributed by atoms with Crippen molar-refractivity contribution in [2.24, 2.45) is 0 Å². The number of ether oxygens (including phenoxy) is 1. The Hall–Kier alpha value is -2.63. The third kappa shape index (κ3) is 2.52. The number of hydrogen-bond donors (Lipinski definition) is 0. The minimum absolute atomic E-state index is 0.739. The van der Waals surface area contributed by atoms with Crippen LogP contribution in [0, 0.1) is 6.92 Å². The lowest BCUT2D eigenvalue weighted by Gasteiger charge is -2.18. The van der Waals surface area contributed by atoms with Gasteiger partial charge in [-0.1, -0.05) is 12.1 Å². The van der Waals surface area contributed by atoms with E-state index in [0.717, 1.165) is 29.6 Å². The Morgan fingerprint density at radius 1 is 1.19 bits per heavy atom. The van der Waals surface area contributed by atoms with Crippen LogP contribution in [0.4, 0.5) is 5.82 Å². The molecule has 0 radical (unpaired) electrons. The summed E-state index contributed by atoms with van der Waals surface area (Å²) in [6.45, 7) is 2.66. The van der Waals surface area contributed by atoms with Gasteiger partial charge >= 0.3 is 0 Å². The van der Waals surface area contributed by atoms with Crippen LogP contribution in [0.25, 0.3) is 5.65 Å². The van der Waals surface area contributed by atoms with Crippen molar-refractivity contribution in [1.29, 1.82) is 0 Å². The molecule has 2 aromatic heterocycles. The predicted octanol–water partition coefficient (Wildman–Crippen LogP) is 2.08. The third-order valence-corrected chi connectivity index (χ3v) is 3.42. The topological polar surface area (TPSA) is 55.5 Å². The summed E-state index contributed by atoms with van der Waals surface area (Å²) in [5.74, 6) is 2.52. The van der Waals surface area contributed by atoms with Crippen LogP contribution in [-0.4, -0.2) is 33.7 Å². The minimum Gasteiger partial charge on any atom is -0.497 e.